The lowest BCUT2D eigenvalue weighted by Crippen LogP contribution is -2.45. The van der Waals surface area contributed by atoms with Crippen LogP contribution >= 0.6 is 22.7 Å². The Morgan fingerprint density at radius 1 is 0.633 bits per heavy atom. The summed E-state index contributed by atoms with van der Waals surface area (Å²) >= 11 is 3.53. The van der Waals surface area contributed by atoms with Crippen molar-refractivity contribution in [2.75, 3.05) is 0 Å². The van der Waals surface area contributed by atoms with Gasteiger partial charge in [-0.1, -0.05) is 66.7 Å². The molecule has 0 unspecified atom stereocenters. The Bertz CT molecular complexity index is 1420. The topological polar surface area (TPSA) is 22.1 Å². The molecule has 3 aromatic carbocycles. The molecule has 0 fully saturated rings. The van der Waals surface area contributed by atoms with Crippen LogP contribution in [0.2, 0.25) is 0 Å². The van der Waals surface area contributed by atoms with Crippen LogP contribution in [0.15, 0.2) is 95.8 Å². The molecule has 0 saturated heterocycles. The highest BCUT2D eigenvalue weighted by molar-refractivity contribution is 7.32. The molecule has 0 spiro atoms. The maximum Gasteiger partial charge on any atom is 0.448 e. The maximum atomic E-state index is 6.79. The molecule has 6 rings (SSSR count). The van der Waals surface area contributed by atoms with Gasteiger partial charge in [0.05, 0.1) is 0 Å². The zero-order valence-electron chi connectivity index (χ0n) is 16.0. The molecule has 6 aromatic rings. The Morgan fingerprint density at radius 3 is 1.93 bits per heavy atom. The second-order valence-electron chi connectivity index (χ2n) is 7.20. The minimum Gasteiger partial charge on any atom is -0.549 e. The first-order valence-corrected chi connectivity index (χ1v) is 11.6. The highest BCUT2D eigenvalue weighted by Crippen LogP contribution is 2.27. The third-order valence-corrected chi connectivity index (χ3v) is 7.51. The van der Waals surface area contributed by atoms with Crippen LogP contribution < -0.4 is 14.2 Å². The van der Waals surface area contributed by atoms with E-state index in [1.165, 1.54) is 31.1 Å². The first kappa shape index (κ1) is 17.7. The average Bonchev–Trinajstić information content (AvgIpc) is 3.42. The second kappa shape index (κ2) is 7.28. The van der Waals surface area contributed by atoms with E-state index >= 15 is 0 Å². The molecule has 0 bridgehead atoms. The standard InChI is InChI=1S/C25H16BNOS2/c1-3-11-20-18(7-1)15-29-24(20)26(25-21-12-4-2-8-19(21)16-30-25)28-22-13-5-9-17-10-6-14-27-23(17)22/h1-16H. The second-order valence-corrected chi connectivity index (χ2v) is 9.03. The maximum absolute atomic E-state index is 6.79. The van der Waals surface area contributed by atoms with E-state index in [1.54, 1.807) is 22.7 Å². The van der Waals surface area contributed by atoms with Gasteiger partial charge < -0.3 is 4.65 Å². The van der Waals surface area contributed by atoms with E-state index in [-0.39, 0.29) is 6.92 Å². The van der Waals surface area contributed by atoms with Gasteiger partial charge in [-0.15, -0.1) is 0 Å². The summed E-state index contributed by atoms with van der Waals surface area (Å²) in [6, 6.07) is 27.3. The minimum atomic E-state index is -0.188. The third kappa shape index (κ3) is 2.90. The summed E-state index contributed by atoms with van der Waals surface area (Å²) in [7, 11) is 0. The van der Waals surface area contributed by atoms with Gasteiger partial charge in [-0.2, -0.15) is 22.7 Å². The summed E-state index contributed by atoms with van der Waals surface area (Å²) in [6.07, 6.45) is 1.82. The Kier molecular flexibility index (Phi) is 4.29. The van der Waals surface area contributed by atoms with Gasteiger partial charge in [0.15, 0.2) is 0 Å². The van der Waals surface area contributed by atoms with E-state index in [4.69, 9.17) is 4.65 Å². The quantitative estimate of drug-likeness (QED) is 0.333. The number of para-hydroxylation sites is 1. The van der Waals surface area contributed by atoms with Crippen LogP contribution in [0.4, 0.5) is 0 Å². The van der Waals surface area contributed by atoms with E-state index in [0.717, 1.165) is 16.7 Å². The van der Waals surface area contributed by atoms with Crippen molar-refractivity contribution in [2.24, 2.45) is 0 Å². The monoisotopic (exact) mass is 421 g/mol. The van der Waals surface area contributed by atoms with E-state index < -0.39 is 0 Å². The number of aromatic nitrogens is 1. The zero-order chi connectivity index (χ0) is 19.9. The van der Waals surface area contributed by atoms with Gasteiger partial charge >= 0.3 is 6.92 Å². The van der Waals surface area contributed by atoms with Crippen molar-refractivity contribution in [1.29, 1.82) is 0 Å². The van der Waals surface area contributed by atoms with Gasteiger partial charge in [0.2, 0.25) is 0 Å². The van der Waals surface area contributed by atoms with Crippen molar-refractivity contribution < 1.29 is 4.65 Å². The SMILES string of the molecule is c1ccc2c(B(Oc3cccc4cccnc34)c3scc4ccccc34)scc2c1. The summed E-state index contributed by atoms with van der Waals surface area (Å²) in [6.45, 7) is -0.188. The molecule has 3 aromatic heterocycles. The molecule has 0 saturated carbocycles. The molecule has 5 heteroatoms. The van der Waals surface area contributed by atoms with Crippen LogP contribution in [0.25, 0.3) is 32.4 Å². The largest absolute Gasteiger partial charge is 0.549 e. The molecule has 0 atom stereocenters. The van der Waals surface area contributed by atoms with Gasteiger partial charge in [0.25, 0.3) is 0 Å². The van der Waals surface area contributed by atoms with E-state index in [2.05, 4.69) is 76.4 Å². The summed E-state index contributed by atoms with van der Waals surface area (Å²) < 4.78 is 9.25. The summed E-state index contributed by atoms with van der Waals surface area (Å²) in [4.78, 5) is 4.60. The number of pyridine rings is 1. The Labute approximate surface area is 182 Å². The van der Waals surface area contributed by atoms with E-state index in [1.807, 2.05) is 24.4 Å². The van der Waals surface area contributed by atoms with Gasteiger partial charge in [-0.25, -0.2) is 0 Å². The van der Waals surface area contributed by atoms with Crippen molar-refractivity contribution in [3.8, 4) is 5.75 Å². The number of thiophene rings is 2. The van der Waals surface area contributed by atoms with Crippen LogP contribution in [0, 0.1) is 0 Å². The summed E-state index contributed by atoms with van der Waals surface area (Å²) in [5.74, 6) is 0.813. The Hall–Kier alpha value is -3.15. The minimum absolute atomic E-state index is 0.188. The zero-order valence-corrected chi connectivity index (χ0v) is 17.6. The van der Waals surface area contributed by atoms with Crippen LogP contribution in [-0.2, 0) is 0 Å². The molecular formula is C25H16BNOS2. The van der Waals surface area contributed by atoms with Crippen molar-refractivity contribution in [3.05, 3.63) is 95.8 Å². The smallest absolute Gasteiger partial charge is 0.448 e. The molecule has 0 aliphatic heterocycles. The van der Waals surface area contributed by atoms with Crippen LogP contribution in [-0.4, -0.2) is 11.9 Å². The van der Waals surface area contributed by atoms with E-state index in [9.17, 15) is 0 Å². The first-order chi connectivity index (χ1) is 14.9. The normalized spacial score (nSPS) is 11.3. The molecule has 0 aliphatic rings. The highest BCUT2D eigenvalue weighted by atomic mass is 32.1. The van der Waals surface area contributed by atoms with Gasteiger partial charge in [-0.05, 0) is 44.4 Å². The molecule has 0 radical (unpaired) electrons. The number of hydrogen-bond donors (Lipinski definition) is 0. The van der Waals surface area contributed by atoms with Crippen molar-refractivity contribution in [1.82, 2.24) is 4.98 Å². The third-order valence-electron chi connectivity index (χ3n) is 5.39. The molecule has 0 N–H and O–H groups in total. The predicted octanol–water partition coefficient (Wildman–Crippen LogP) is 5.85. The number of nitrogens with zero attached hydrogens (tertiary/aromatic N) is 1. The Balaban J connectivity index is 1.57. The van der Waals surface area contributed by atoms with Gasteiger partial charge in [-0.3, -0.25) is 4.98 Å². The molecular weight excluding hydrogens is 405 g/mol. The van der Waals surface area contributed by atoms with Crippen LogP contribution in [0.5, 0.6) is 5.75 Å². The Morgan fingerprint density at radius 2 is 1.23 bits per heavy atom. The summed E-state index contributed by atoms with van der Waals surface area (Å²) in [5.41, 5.74) is 0.895. The molecule has 3 heterocycles. The van der Waals surface area contributed by atoms with Crippen molar-refractivity contribution >= 4 is 71.6 Å². The fourth-order valence-corrected chi connectivity index (χ4v) is 6.16. The molecule has 0 aliphatic carbocycles. The fraction of sp³-hybridized carbons (Fsp3) is 0. The molecule has 2 nitrogen and oxygen atoms in total. The average molecular weight is 421 g/mol. The van der Waals surface area contributed by atoms with Gasteiger partial charge in [0.1, 0.15) is 11.3 Å². The first-order valence-electron chi connectivity index (χ1n) is 9.81. The van der Waals surface area contributed by atoms with Crippen LogP contribution in [0.3, 0.4) is 0 Å². The predicted molar refractivity (Wildman–Crippen MR) is 131 cm³/mol. The van der Waals surface area contributed by atoms with Crippen molar-refractivity contribution in [3.63, 3.8) is 0 Å². The van der Waals surface area contributed by atoms with Crippen LogP contribution in [0.1, 0.15) is 0 Å². The molecule has 0 amide bonds. The van der Waals surface area contributed by atoms with E-state index in [0.29, 0.717) is 0 Å². The lowest BCUT2D eigenvalue weighted by atomic mass is 9.62. The highest BCUT2D eigenvalue weighted by Gasteiger charge is 2.31. The number of fused-ring (bicyclic) bond motifs is 3. The number of hydrogen-bond acceptors (Lipinski definition) is 4. The summed E-state index contributed by atoms with van der Waals surface area (Å²) in [5, 5.41) is 10.5. The molecule has 142 valence electrons. The molecule has 30 heavy (non-hydrogen) atoms. The van der Waals surface area contributed by atoms with Gasteiger partial charge in [0, 0.05) is 21.1 Å². The number of rotatable bonds is 4. The lowest BCUT2D eigenvalue weighted by molar-refractivity contribution is 0.599. The lowest BCUT2D eigenvalue weighted by Gasteiger charge is -2.16. The van der Waals surface area contributed by atoms with Crippen molar-refractivity contribution in [2.45, 2.75) is 0 Å². The number of benzene rings is 3. The fourth-order valence-electron chi connectivity index (χ4n) is 3.96.